The molecule has 4 heteroatoms. The van der Waals surface area contributed by atoms with Crippen molar-refractivity contribution < 1.29 is 8.78 Å². The summed E-state index contributed by atoms with van der Waals surface area (Å²) in [5, 5.41) is 1.97. The zero-order valence-electron chi connectivity index (χ0n) is 14.9. The van der Waals surface area contributed by atoms with Crippen molar-refractivity contribution >= 4 is 23.1 Å². The highest BCUT2D eigenvalue weighted by Crippen LogP contribution is 2.41. The van der Waals surface area contributed by atoms with E-state index in [0.29, 0.717) is 5.92 Å². The Labute approximate surface area is 163 Å². The molecule has 2 aromatic rings. The first-order valence-electron chi connectivity index (χ1n) is 8.84. The lowest BCUT2D eigenvalue weighted by Gasteiger charge is -2.04. The molecular weight excluding hydrogens is 360 g/mol. The quantitative estimate of drug-likeness (QED) is 0.356. The van der Waals surface area contributed by atoms with Crippen molar-refractivity contribution in [2.75, 3.05) is 0 Å². The van der Waals surface area contributed by atoms with Crippen LogP contribution in [-0.2, 0) is 0 Å². The van der Waals surface area contributed by atoms with E-state index < -0.39 is 17.3 Å². The molecule has 0 aliphatic heterocycles. The summed E-state index contributed by atoms with van der Waals surface area (Å²) in [5.41, 5.74) is 2.83. The molecule has 0 N–H and O–H groups in total. The molecule has 27 heavy (non-hydrogen) atoms. The Morgan fingerprint density at radius 2 is 1.78 bits per heavy atom. The first-order valence-corrected chi connectivity index (χ1v) is 9.25. The van der Waals surface area contributed by atoms with Crippen molar-refractivity contribution in [2.24, 2.45) is 4.99 Å². The molecule has 3 rings (SSSR count). The SMILES string of the molecule is CCCC#Cc1ccc(C#Cc2cc(F)c(N=C=S)c(F)c2)c(C2CC2)c1. The van der Waals surface area contributed by atoms with Crippen LogP contribution in [0.5, 0.6) is 0 Å². The van der Waals surface area contributed by atoms with Gasteiger partial charge in [0.1, 0.15) is 5.69 Å². The van der Waals surface area contributed by atoms with Crippen LogP contribution in [-0.4, -0.2) is 5.16 Å². The molecule has 2 aromatic carbocycles. The molecule has 1 aliphatic rings. The minimum Gasteiger partial charge on any atom is -0.204 e. The van der Waals surface area contributed by atoms with E-state index in [1.54, 1.807) is 0 Å². The molecular formula is C23H17F2NS. The topological polar surface area (TPSA) is 12.4 Å². The van der Waals surface area contributed by atoms with Crippen LogP contribution in [0.2, 0.25) is 0 Å². The summed E-state index contributed by atoms with van der Waals surface area (Å²) in [7, 11) is 0. The molecule has 1 saturated carbocycles. The van der Waals surface area contributed by atoms with Gasteiger partial charge < -0.3 is 0 Å². The Balaban J connectivity index is 1.93. The third-order valence-corrected chi connectivity index (χ3v) is 4.28. The van der Waals surface area contributed by atoms with Gasteiger partial charge in [-0.1, -0.05) is 30.6 Å². The fourth-order valence-electron chi connectivity index (χ4n) is 2.71. The summed E-state index contributed by atoms with van der Waals surface area (Å²) in [5.74, 6) is 11.1. The highest BCUT2D eigenvalue weighted by atomic mass is 32.1. The van der Waals surface area contributed by atoms with Crippen LogP contribution in [0.4, 0.5) is 14.5 Å². The molecule has 134 valence electrons. The van der Waals surface area contributed by atoms with E-state index >= 15 is 0 Å². The number of unbranched alkanes of at least 4 members (excludes halogenated alkanes) is 1. The molecule has 0 unspecified atom stereocenters. The lowest BCUT2D eigenvalue weighted by atomic mass is 10.00. The molecule has 0 bridgehead atoms. The van der Waals surface area contributed by atoms with E-state index in [-0.39, 0.29) is 5.56 Å². The van der Waals surface area contributed by atoms with E-state index in [1.807, 2.05) is 17.3 Å². The monoisotopic (exact) mass is 377 g/mol. The minimum atomic E-state index is -0.805. The number of isothiocyanates is 1. The Bertz CT molecular complexity index is 1020. The Hall–Kier alpha value is -2.78. The van der Waals surface area contributed by atoms with Crippen molar-refractivity contribution in [3.8, 4) is 23.7 Å². The molecule has 0 atom stereocenters. The summed E-state index contributed by atoms with van der Waals surface area (Å²) < 4.78 is 27.9. The highest BCUT2D eigenvalue weighted by molar-refractivity contribution is 7.78. The summed E-state index contributed by atoms with van der Waals surface area (Å²) in [4.78, 5) is 3.40. The average molecular weight is 377 g/mol. The number of hydrogen-bond donors (Lipinski definition) is 0. The van der Waals surface area contributed by atoms with Crippen molar-refractivity contribution in [3.63, 3.8) is 0 Å². The number of aliphatic imine (C=N–C) groups is 1. The fraction of sp³-hybridized carbons (Fsp3) is 0.261. The molecule has 0 aromatic heterocycles. The molecule has 0 spiro atoms. The summed E-state index contributed by atoms with van der Waals surface area (Å²) in [6, 6.07) is 8.28. The van der Waals surface area contributed by atoms with E-state index in [1.165, 1.54) is 0 Å². The molecule has 0 amide bonds. The van der Waals surface area contributed by atoms with Gasteiger partial charge >= 0.3 is 0 Å². The third-order valence-electron chi connectivity index (χ3n) is 4.19. The van der Waals surface area contributed by atoms with E-state index in [9.17, 15) is 8.78 Å². The number of nitrogens with zero attached hydrogens (tertiary/aromatic N) is 1. The molecule has 1 fully saturated rings. The van der Waals surface area contributed by atoms with Crippen LogP contribution in [0.15, 0.2) is 35.3 Å². The van der Waals surface area contributed by atoms with Crippen molar-refractivity contribution in [1.29, 1.82) is 0 Å². The maximum Gasteiger partial charge on any atom is 0.153 e. The van der Waals surface area contributed by atoms with Crippen molar-refractivity contribution in [1.82, 2.24) is 0 Å². The van der Waals surface area contributed by atoms with Gasteiger partial charge in [-0.25, -0.2) is 8.78 Å². The predicted molar refractivity (Wildman–Crippen MR) is 107 cm³/mol. The van der Waals surface area contributed by atoms with Gasteiger partial charge in [0.05, 0.1) is 5.16 Å². The molecule has 1 nitrogen and oxygen atoms in total. The predicted octanol–water partition coefficient (Wildman–Crippen LogP) is 6.13. The van der Waals surface area contributed by atoms with Crippen LogP contribution in [0.25, 0.3) is 0 Å². The van der Waals surface area contributed by atoms with Gasteiger partial charge in [-0.3, -0.25) is 0 Å². The molecule has 0 saturated heterocycles. The Morgan fingerprint density at radius 3 is 2.41 bits per heavy atom. The fourth-order valence-corrected chi connectivity index (χ4v) is 2.80. The first kappa shape index (κ1) is 19.0. The molecule has 1 aliphatic carbocycles. The smallest absolute Gasteiger partial charge is 0.153 e. The number of hydrogen-bond acceptors (Lipinski definition) is 2. The minimum absolute atomic E-state index is 0.252. The number of benzene rings is 2. The second-order valence-electron chi connectivity index (χ2n) is 6.37. The lowest BCUT2D eigenvalue weighted by Crippen LogP contribution is -1.90. The van der Waals surface area contributed by atoms with Crippen LogP contribution < -0.4 is 0 Å². The van der Waals surface area contributed by atoms with Gasteiger partial charge in [0, 0.05) is 23.1 Å². The third kappa shape index (κ3) is 4.89. The zero-order valence-corrected chi connectivity index (χ0v) is 15.7. The standard InChI is InChI=1S/C23H17F2NS/c1-2-3-4-5-16-6-8-18(20(12-16)19-10-11-19)9-7-17-13-21(24)23(26-15-27)22(25)14-17/h6,8,12-14,19H,2-3,10-11H2,1H3. The van der Waals surface area contributed by atoms with Crippen LogP contribution in [0.3, 0.4) is 0 Å². The second kappa shape index (κ2) is 8.74. The van der Waals surface area contributed by atoms with Gasteiger partial charge in [-0.15, -0.1) is 0 Å². The maximum atomic E-state index is 13.9. The Kier molecular flexibility index (Phi) is 6.15. The van der Waals surface area contributed by atoms with Gasteiger partial charge in [0.2, 0.25) is 0 Å². The summed E-state index contributed by atoms with van der Waals surface area (Å²) >= 11 is 4.40. The summed E-state index contributed by atoms with van der Waals surface area (Å²) in [6.07, 6.45) is 4.18. The number of halogens is 2. The van der Waals surface area contributed by atoms with Gasteiger partial charge in [0.15, 0.2) is 11.6 Å². The van der Waals surface area contributed by atoms with Crippen LogP contribution >= 0.6 is 12.2 Å². The van der Waals surface area contributed by atoms with E-state index in [2.05, 4.69) is 53.9 Å². The maximum absolute atomic E-state index is 13.9. The van der Waals surface area contributed by atoms with Crippen molar-refractivity contribution in [2.45, 2.75) is 38.5 Å². The van der Waals surface area contributed by atoms with Gasteiger partial charge in [-0.2, -0.15) is 4.99 Å². The van der Waals surface area contributed by atoms with Crippen LogP contribution in [0.1, 0.15) is 60.8 Å². The largest absolute Gasteiger partial charge is 0.204 e. The lowest BCUT2D eigenvalue weighted by molar-refractivity contribution is 0.587. The normalized spacial score (nSPS) is 12.3. The molecule has 0 heterocycles. The molecule has 0 radical (unpaired) electrons. The average Bonchev–Trinajstić information content (AvgIpc) is 3.49. The Morgan fingerprint density at radius 1 is 1.04 bits per heavy atom. The van der Waals surface area contributed by atoms with Gasteiger partial charge in [-0.05, 0) is 73.3 Å². The number of rotatable bonds is 3. The van der Waals surface area contributed by atoms with Crippen molar-refractivity contribution in [3.05, 3.63) is 64.2 Å². The first-order chi connectivity index (χ1) is 13.1. The van der Waals surface area contributed by atoms with Gasteiger partial charge in [0.25, 0.3) is 0 Å². The number of thiocarbonyl (C=S) groups is 1. The highest BCUT2D eigenvalue weighted by Gasteiger charge is 2.25. The zero-order chi connectivity index (χ0) is 19.2. The van der Waals surface area contributed by atoms with Crippen LogP contribution in [0, 0.1) is 35.3 Å². The summed E-state index contributed by atoms with van der Waals surface area (Å²) in [6.45, 7) is 2.10. The second-order valence-corrected chi connectivity index (χ2v) is 6.55. The van der Waals surface area contributed by atoms with E-state index in [4.69, 9.17) is 0 Å². The van der Waals surface area contributed by atoms with E-state index in [0.717, 1.165) is 54.5 Å².